The van der Waals surface area contributed by atoms with Crippen molar-refractivity contribution in [2.45, 2.75) is 37.0 Å². The summed E-state index contributed by atoms with van der Waals surface area (Å²) in [5.74, 6) is -0.0858. The minimum atomic E-state index is -4.66. The van der Waals surface area contributed by atoms with Crippen LogP contribution in [0.25, 0.3) is 0 Å². The van der Waals surface area contributed by atoms with Crippen LogP contribution in [-0.2, 0) is 0 Å². The van der Waals surface area contributed by atoms with Crippen molar-refractivity contribution in [3.8, 4) is 0 Å². The monoisotopic (exact) mass is 178 g/mol. The van der Waals surface area contributed by atoms with E-state index in [0.29, 0.717) is 0 Å². The molecule has 2 fully saturated rings. The molecule has 2 rings (SSSR count). The minimum absolute atomic E-state index is 0.0858. The minimum Gasteiger partial charge on any atom is -0.449 e. The molecule has 0 aromatic rings. The number of halogens is 3. The van der Waals surface area contributed by atoms with E-state index in [2.05, 4.69) is 0 Å². The summed E-state index contributed by atoms with van der Waals surface area (Å²) in [5, 5.41) is -1.32. The Labute approximate surface area is 69.6 Å². The van der Waals surface area contributed by atoms with Gasteiger partial charge in [-0.05, 0) is 6.04 Å². The van der Waals surface area contributed by atoms with Crippen LogP contribution in [0.15, 0.2) is 0 Å². The molecule has 12 heavy (non-hydrogen) atoms. The van der Waals surface area contributed by atoms with Gasteiger partial charge in [-0.25, -0.2) is 0 Å². The summed E-state index contributed by atoms with van der Waals surface area (Å²) in [6.45, 7) is -4.66. The molecule has 2 N–H and O–H groups in total. The highest BCUT2D eigenvalue weighted by Gasteiger charge is 2.62. The molecule has 0 amide bonds. The fourth-order valence-electron chi connectivity index (χ4n) is 2.44. The second-order valence-electron chi connectivity index (χ2n) is 4.25. The Bertz CT molecular complexity index is 193. The van der Waals surface area contributed by atoms with Crippen LogP contribution in [0, 0.1) is 5.92 Å². The average Bonchev–Trinajstić information content (AvgIpc) is 2.58. The number of hydrogen-bond donors (Lipinski definition) is 1. The molecule has 1 nitrogen and oxygen atoms in total. The SMILES string of the molecule is NC1CC(C2CC2)([B-](F)(F)F)C1. The van der Waals surface area contributed by atoms with Gasteiger partial charge in [0.15, 0.2) is 0 Å². The van der Waals surface area contributed by atoms with Crippen LogP contribution in [0.4, 0.5) is 12.9 Å². The largest absolute Gasteiger partial charge is 0.484 e. The molecular formula is C7H12BF3N-. The Morgan fingerprint density at radius 1 is 1.17 bits per heavy atom. The summed E-state index contributed by atoms with van der Waals surface area (Å²) in [7, 11) is 0. The van der Waals surface area contributed by atoms with Gasteiger partial charge in [-0.1, -0.05) is 36.9 Å². The van der Waals surface area contributed by atoms with E-state index >= 15 is 0 Å². The maximum absolute atomic E-state index is 12.6. The van der Waals surface area contributed by atoms with Crippen molar-refractivity contribution in [3.05, 3.63) is 0 Å². The van der Waals surface area contributed by atoms with E-state index in [-0.39, 0.29) is 24.8 Å². The van der Waals surface area contributed by atoms with Gasteiger partial charge in [0.2, 0.25) is 0 Å². The van der Waals surface area contributed by atoms with Gasteiger partial charge in [-0.2, -0.15) is 0 Å². The van der Waals surface area contributed by atoms with Crippen LogP contribution in [0.5, 0.6) is 0 Å². The van der Waals surface area contributed by atoms with Gasteiger partial charge in [-0.3, -0.25) is 0 Å². The Hall–Kier alpha value is -0.185. The molecular weight excluding hydrogens is 166 g/mol. The maximum Gasteiger partial charge on any atom is 0.484 e. The zero-order valence-electron chi connectivity index (χ0n) is 6.77. The normalized spacial score (nSPS) is 42.5. The summed E-state index contributed by atoms with van der Waals surface area (Å²) in [6, 6.07) is -0.200. The molecule has 2 saturated carbocycles. The Morgan fingerprint density at radius 2 is 1.67 bits per heavy atom. The quantitative estimate of drug-likeness (QED) is 0.643. The van der Waals surface area contributed by atoms with E-state index < -0.39 is 12.3 Å². The lowest BCUT2D eigenvalue weighted by molar-refractivity contribution is 0.183. The van der Waals surface area contributed by atoms with Crippen LogP contribution in [-0.4, -0.2) is 13.0 Å². The van der Waals surface area contributed by atoms with Crippen LogP contribution in [0.2, 0.25) is 5.31 Å². The van der Waals surface area contributed by atoms with E-state index in [1.807, 2.05) is 0 Å². The zero-order chi connectivity index (χ0) is 8.98. The van der Waals surface area contributed by atoms with E-state index in [1.54, 1.807) is 0 Å². The summed E-state index contributed by atoms with van der Waals surface area (Å²) < 4.78 is 37.9. The number of rotatable bonds is 2. The van der Waals surface area contributed by atoms with Crippen molar-refractivity contribution >= 4 is 6.98 Å². The number of nitrogens with two attached hydrogens (primary N) is 1. The lowest BCUT2D eigenvalue weighted by Crippen LogP contribution is -2.53. The smallest absolute Gasteiger partial charge is 0.449 e. The topological polar surface area (TPSA) is 26.0 Å². The van der Waals surface area contributed by atoms with Crippen molar-refractivity contribution in [2.75, 3.05) is 0 Å². The Morgan fingerprint density at radius 3 is 1.92 bits per heavy atom. The summed E-state index contributed by atoms with van der Waals surface area (Å²) >= 11 is 0. The molecule has 0 spiro atoms. The van der Waals surface area contributed by atoms with E-state index in [1.165, 1.54) is 0 Å². The molecule has 0 aromatic heterocycles. The summed E-state index contributed by atoms with van der Waals surface area (Å²) in [5.41, 5.74) is 5.43. The highest BCUT2D eigenvalue weighted by Crippen LogP contribution is 2.68. The molecule has 0 bridgehead atoms. The van der Waals surface area contributed by atoms with E-state index in [9.17, 15) is 12.9 Å². The first-order chi connectivity index (χ1) is 5.46. The second kappa shape index (κ2) is 2.19. The molecule has 2 aliphatic carbocycles. The van der Waals surface area contributed by atoms with Gasteiger partial charge in [0.25, 0.3) is 0 Å². The highest BCUT2D eigenvalue weighted by molar-refractivity contribution is 6.62. The zero-order valence-corrected chi connectivity index (χ0v) is 6.77. The van der Waals surface area contributed by atoms with Gasteiger partial charge < -0.3 is 18.7 Å². The average molecular weight is 178 g/mol. The predicted molar refractivity (Wildman–Crippen MR) is 41.7 cm³/mol. The van der Waals surface area contributed by atoms with Crippen molar-refractivity contribution in [1.82, 2.24) is 0 Å². The standard InChI is InChI=1S/C7H12BF3N/c9-8(10,11)7(5-1-2-5)3-6(12)4-7/h5-6H,1-4,12H2/q-1. The molecule has 2 aliphatic rings. The molecule has 0 atom stereocenters. The highest BCUT2D eigenvalue weighted by atomic mass is 19.4. The second-order valence-corrected chi connectivity index (χ2v) is 4.25. The fourth-order valence-corrected chi connectivity index (χ4v) is 2.44. The fraction of sp³-hybridized carbons (Fsp3) is 1.00. The Kier molecular flexibility index (Phi) is 1.54. The van der Waals surface area contributed by atoms with Crippen molar-refractivity contribution in [1.29, 1.82) is 0 Å². The van der Waals surface area contributed by atoms with E-state index in [4.69, 9.17) is 5.73 Å². The van der Waals surface area contributed by atoms with Crippen molar-refractivity contribution in [3.63, 3.8) is 0 Å². The third-order valence-corrected chi connectivity index (χ3v) is 3.33. The first-order valence-corrected chi connectivity index (χ1v) is 4.41. The summed E-state index contributed by atoms with van der Waals surface area (Å²) in [6.07, 6.45) is 1.88. The molecule has 0 saturated heterocycles. The van der Waals surface area contributed by atoms with Crippen LogP contribution >= 0.6 is 0 Å². The molecule has 0 aromatic carbocycles. The molecule has 0 unspecified atom stereocenters. The van der Waals surface area contributed by atoms with Gasteiger partial charge in [-0.15, -0.1) is 0 Å². The Balaban J connectivity index is 2.13. The third kappa shape index (κ3) is 0.986. The van der Waals surface area contributed by atoms with Gasteiger partial charge >= 0.3 is 6.98 Å². The van der Waals surface area contributed by atoms with Gasteiger partial charge in [0.1, 0.15) is 0 Å². The maximum atomic E-state index is 12.6. The molecule has 5 heteroatoms. The predicted octanol–water partition coefficient (Wildman–Crippen LogP) is 2.11. The van der Waals surface area contributed by atoms with Gasteiger partial charge in [0.05, 0.1) is 0 Å². The lowest BCUT2D eigenvalue weighted by atomic mass is 9.43. The van der Waals surface area contributed by atoms with Crippen molar-refractivity contribution < 1.29 is 12.9 Å². The van der Waals surface area contributed by atoms with Crippen molar-refractivity contribution in [2.24, 2.45) is 11.7 Å². The molecule has 0 heterocycles. The third-order valence-electron chi connectivity index (χ3n) is 3.33. The molecule has 0 aliphatic heterocycles. The first-order valence-electron chi connectivity index (χ1n) is 4.41. The first kappa shape index (κ1) is 8.41. The molecule has 0 radical (unpaired) electrons. The van der Waals surface area contributed by atoms with Crippen LogP contribution in [0.1, 0.15) is 25.7 Å². The lowest BCUT2D eigenvalue weighted by Gasteiger charge is -2.53. The summed E-state index contributed by atoms with van der Waals surface area (Å²) in [4.78, 5) is 0. The van der Waals surface area contributed by atoms with Gasteiger partial charge in [0, 0.05) is 0 Å². The van der Waals surface area contributed by atoms with Crippen LogP contribution < -0.4 is 5.73 Å². The van der Waals surface area contributed by atoms with E-state index in [0.717, 1.165) is 12.8 Å². The molecule has 70 valence electrons. The van der Waals surface area contributed by atoms with Crippen LogP contribution in [0.3, 0.4) is 0 Å². The number of hydrogen-bond acceptors (Lipinski definition) is 1.